The smallest absolute Gasteiger partial charge is 0.0935 e. The van der Waals surface area contributed by atoms with E-state index >= 15 is 0 Å². The molecule has 0 aromatic heterocycles. The summed E-state index contributed by atoms with van der Waals surface area (Å²) < 4.78 is 11.9. The van der Waals surface area contributed by atoms with Crippen molar-refractivity contribution in [1.29, 1.82) is 0 Å². The molecule has 0 saturated carbocycles. The Balaban J connectivity index is 2.23. The van der Waals surface area contributed by atoms with Crippen molar-refractivity contribution in [3.8, 4) is 0 Å². The van der Waals surface area contributed by atoms with Gasteiger partial charge >= 0.3 is 0 Å². The topological polar surface area (TPSA) is 32.3 Å². The molecule has 54 valence electrons. The first-order chi connectivity index (χ1) is 4.33. The largest absolute Gasteiger partial charge is 0.392 e. The molecule has 2 N–H and O–H groups in total. The van der Waals surface area contributed by atoms with Gasteiger partial charge in [-0.25, -0.2) is 0 Å². The Morgan fingerprint density at radius 2 is 2.33 bits per heavy atom. The SMILES string of the molecule is O[C@@H]1CNCC(CF)C1. The number of piperidine rings is 1. The molecule has 0 amide bonds. The molecule has 1 heterocycles. The van der Waals surface area contributed by atoms with Crippen LogP contribution in [-0.4, -0.2) is 31.0 Å². The van der Waals surface area contributed by atoms with Gasteiger partial charge in [0.15, 0.2) is 0 Å². The van der Waals surface area contributed by atoms with Crippen LogP contribution in [0.1, 0.15) is 6.42 Å². The van der Waals surface area contributed by atoms with Crippen LogP contribution in [0.3, 0.4) is 0 Å². The summed E-state index contributed by atoms with van der Waals surface area (Å²) in [5.74, 6) is 0.0359. The van der Waals surface area contributed by atoms with E-state index in [1.54, 1.807) is 0 Å². The molecule has 2 nitrogen and oxygen atoms in total. The standard InChI is InChI=1S/C6H12FNO/c7-2-5-1-6(9)4-8-3-5/h5-6,8-9H,1-4H2/t5?,6-/m0/s1. The Morgan fingerprint density at radius 1 is 1.56 bits per heavy atom. The van der Waals surface area contributed by atoms with E-state index < -0.39 is 0 Å². The average Bonchev–Trinajstić information content (AvgIpc) is 1.88. The first kappa shape index (κ1) is 6.96. The van der Waals surface area contributed by atoms with E-state index in [1.165, 1.54) is 0 Å². The molecular weight excluding hydrogens is 121 g/mol. The normalized spacial score (nSPS) is 36.7. The molecule has 0 aliphatic carbocycles. The van der Waals surface area contributed by atoms with Crippen LogP contribution in [0, 0.1) is 5.92 Å². The lowest BCUT2D eigenvalue weighted by Crippen LogP contribution is -2.39. The van der Waals surface area contributed by atoms with Gasteiger partial charge in [-0.1, -0.05) is 0 Å². The summed E-state index contributed by atoms with van der Waals surface area (Å²) in [4.78, 5) is 0. The molecule has 1 saturated heterocycles. The number of β-amino-alcohol motifs (C(OH)–C–C–N with tert-alkyl or cyclic N) is 1. The van der Waals surface area contributed by atoms with E-state index in [4.69, 9.17) is 5.11 Å². The lowest BCUT2D eigenvalue weighted by atomic mass is 9.99. The van der Waals surface area contributed by atoms with Gasteiger partial charge in [0.1, 0.15) is 0 Å². The van der Waals surface area contributed by atoms with Crippen LogP contribution in [0.25, 0.3) is 0 Å². The number of rotatable bonds is 1. The third-order valence-corrected chi connectivity index (χ3v) is 1.64. The summed E-state index contributed by atoms with van der Waals surface area (Å²) in [5, 5.41) is 11.9. The molecule has 0 bridgehead atoms. The van der Waals surface area contributed by atoms with E-state index in [0.29, 0.717) is 19.5 Å². The molecule has 9 heavy (non-hydrogen) atoms. The average molecular weight is 133 g/mol. The Morgan fingerprint density at radius 3 is 2.78 bits per heavy atom. The third-order valence-electron chi connectivity index (χ3n) is 1.64. The Labute approximate surface area is 54.1 Å². The summed E-state index contributed by atoms with van der Waals surface area (Å²) in [6.45, 7) is 1.02. The molecule has 1 fully saturated rings. The monoisotopic (exact) mass is 133 g/mol. The second kappa shape index (κ2) is 3.13. The van der Waals surface area contributed by atoms with Crippen LogP contribution >= 0.6 is 0 Å². The van der Waals surface area contributed by atoms with Gasteiger partial charge in [0.05, 0.1) is 12.8 Å². The second-order valence-electron chi connectivity index (χ2n) is 2.57. The summed E-state index contributed by atoms with van der Waals surface area (Å²) in [5.41, 5.74) is 0. The van der Waals surface area contributed by atoms with Crippen LogP contribution in [0.15, 0.2) is 0 Å². The fraction of sp³-hybridized carbons (Fsp3) is 1.00. The minimum atomic E-state index is -0.334. The number of halogens is 1. The first-order valence-electron chi connectivity index (χ1n) is 3.27. The number of nitrogens with one attached hydrogen (secondary N) is 1. The number of alkyl halides is 1. The van der Waals surface area contributed by atoms with Gasteiger partial charge < -0.3 is 10.4 Å². The van der Waals surface area contributed by atoms with E-state index in [-0.39, 0.29) is 18.7 Å². The van der Waals surface area contributed by atoms with Crippen molar-refractivity contribution >= 4 is 0 Å². The molecule has 1 aliphatic heterocycles. The highest BCUT2D eigenvalue weighted by Crippen LogP contribution is 2.10. The summed E-state index contributed by atoms with van der Waals surface area (Å²) in [6, 6.07) is 0. The van der Waals surface area contributed by atoms with Crippen LogP contribution < -0.4 is 5.32 Å². The second-order valence-corrected chi connectivity index (χ2v) is 2.57. The Hall–Kier alpha value is -0.150. The maximum absolute atomic E-state index is 11.9. The van der Waals surface area contributed by atoms with Crippen LogP contribution in [0.4, 0.5) is 4.39 Å². The predicted octanol–water partition coefficient (Wildman–Crippen LogP) is -0.0737. The zero-order valence-electron chi connectivity index (χ0n) is 5.31. The maximum Gasteiger partial charge on any atom is 0.0935 e. The van der Waals surface area contributed by atoms with Crippen molar-refractivity contribution in [2.24, 2.45) is 5.92 Å². The fourth-order valence-corrected chi connectivity index (χ4v) is 1.12. The lowest BCUT2D eigenvalue weighted by molar-refractivity contribution is 0.105. The van der Waals surface area contributed by atoms with Crippen LogP contribution in [0.5, 0.6) is 0 Å². The van der Waals surface area contributed by atoms with Gasteiger partial charge in [0, 0.05) is 19.0 Å². The van der Waals surface area contributed by atoms with Gasteiger partial charge in [-0.15, -0.1) is 0 Å². The van der Waals surface area contributed by atoms with Crippen molar-refractivity contribution < 1.29 is 9.50 Å². The van der Waals surface area contributed by atoms with Crippen molar-refractivity contribution in [2.75, 3.05) is 19.8 Å². The van der Waals surface area contributed by atoms with E-state index in [2.05, 4.69) is 5.32 Å². The highest BCUT2D eigenvalue weighted by atomic mass is 19.1. The van der Waals surface area contributed by atoms with Gasteiger partial charge in [-0.3, -0.25) is 4.39 Å². The zero-order valence-corrected chi connectivity index (χ0v) is 5.31. The van der Waals surface area contributed by atoms with E-state index in [9.17, 15) is 4.39 Å². The van der Waals surface area contributed by atoms with Gasteiger partial charge in [0.2, 0.25) is 0 Å². The highest BCUT2D eigenvalue weighted by molar-refractivity contribution is 4.74. The quantitative estimate of drug-likeness (QED) is 0.524. The number of aliphatic hydroxyl groups excluding tert-OH is 1. The van der Waals surface area contributed by atoms with Crippen molar-refractivity contribution in [3.05, 3.63) is 0 Å². The van der Waals surface area contributed by atoms with E-state index in [1.807, 2.05) is 0 Å². The van der Waals surface area contributed by atoms with Crippen molar-refractivity contribution in [2.45, 2.75) is 12.5 Å². The maximum atomic E-state index is 11.9. The molecule has 0 radical (unpaired) electrons. The lowest BCUT2D eigenvalue weighted by Gasteiger charge is -2.24. The van der Waals surface area contributed by atoms with Crippen molar-refractivity contribution in [3.63, 3.8) is 0 Å². The molecular formula is C6H12FNO. The van der Waals surface area contributed by atoms with E-state index in [0.717, 1.165) is 0 Å². The van der Waals surface area contributed by atoms with Crippen LogP contribution in [0.2, 0.25) is 0 Å². The number of hydrogen-bond acceptors (Lipinski definition) is 2. The third kappa shape index (κ3) is 1.91. The first-order valence-corrected chi connectivity index (χ1v) is 3.27. The molecule has 1 rings (SSSR count). The molecule has 1 unspecified atom stereocenters. The number of hydrogen-bond donors (Lipinski definition) is 2. The minimum Gasteiger partial charge on any atom is -0.392 e. The molecule has 0 aromatic carbocycles. The van der Waals surface area contributed by atoms with Gasteiger partial charge in [-0.05, 0) is 6.42 Å². The number of aliphatic hydroxyl groups is 1. The molecule has 2 atom stereocenters. The molecule has 0 aromatic rings. The van der Waals surface area contributed by atoms with Crippen LogP contribution in [-0.2, 0) is 0 Å². The summed E-state index contributed by atoms with van der Waals surface area (Å²) in [7, 11) is 0. The predicted molar refractivity (Wildman–Crippen MR) is 33.0 cm³/mol. The highest BCUT2D eigenvalue weighted by Gasteiger charge is 2.18. The molecule has 0 spiro atoms. The summed E-state index contributed by atoms with van der Waals surface area (Å²) in [6.07, 6.45) is 0.281. The minimum absolute atomic E-state index is 0.0359. The Bertz CT molecular complexity index is 89.1. The van der Waals surface area contributed by atoms with Gasteiger partial charge in [0.25, 0.3) is 0 Å². The summed E-state index contributed by atoms with van der Waals surface area (Å²) >= 11 is 0. The fourth-order valence-electron chi connectivity index (χ4n) is 1.12. The molecule has 3 heteroatoms. The Kier molecular flexibility index (Phi) is 2.42. The van der Waals surface area contributed by atoms with Crippen molar-refractivity contribution in [1.82, 2.24) is 5.32 Å². The molecule has 1 aliphatic rings. The zero-order chi connectivity index (χ0) is 6.69. The van der Waals surface area contributed by atoms with Gasteiger partial charge in [-0.2, -0.15) is 0 Å².